The molecule has 1 aromatic heterocycles. The van der Waals surface area contributed by atoms with E-state index in [-0.39, 0.29) is 0 Å². The van der Waals surface area contributed by atoms with Crippen molar-refractivity contribution in [3.63, 3.8) is 0 Å². The lowest BCUT2D eigenvalue weighted by Crippen LogP contribution is -2.41. The van der Waals surface area contributed by atoms with Crippen LogP contribution in [0.4, 0.5) is 0 Å². The summed E-state index contributed by atoms with van der Waals surface area (Å²) >= 11 is 0. The third-order valence-electron chi connectivity index (χ3n) is 2.65. The van der Waals surface area contributed by atoms with Crippen LogP contribution in [0.15, 0.2) is 24.5 Å². The first-order chi connectivity index (χ1) is 8.77. The molecule has 18 heavy (non-hydrogen) atoms. The molecule has 1 aliphatic rings. The molecule has 3 heteroatoms. The summed E-state index contributed by atoms with van der Waals surface area (Å²) in [6, 6.07) is 4.22. The smallest absolute Gasteiger partial charge is 0.119 e. The number of nitrogens with zero attached hydrogens (tertiary/aromatic N) is 2. The zero-order chi connectivity index (χ0) is 13.8. The molecule has 1 saturated heterocycles. The van der Waals surface area contributed by atoms with Crippen LogP contribution in [0.5, 0.6) is 0 Å². The molecule has 1 aromatic rings. The summed E-state index contributed by atoms with van der Waals surface area (Å²) < 4.78 is 0. The molecule has 1 fully saturated rings. The number of pyridine rings is 1. The van der Waals surface area contributed by atoms with Gasteiger partial charge in [0.2, 0.25) is 0 Å². The van der Waals surface area contributed by atoms with Crippen molar-refractivity contribution in [3.8, 4) is 0 Å². The maximum atomic E-state index is 9.40. The summed E-state index contributed by atoms with van der Waals surface area (Å²) in [6.45, 7) is 8.38. The van der Waals surface area contributed by atoms with Crippen LogP contribution in [0.2, 0.25) is 0 Å². The molecule has 2 rings (SSSR count). The SMILES string of the molecule is CC.CCCC=O.CN1CC(c2ccncc2)C1. The van der Waals surface area contributed by atoms with E-state index in [0.717, 1.165) is 18.6 Å². The van der Waals surface area contributed by atoms with Crippen molar-refractivity contribution < 1.29 is 4.79 Å². The average Bonchev–Trinajstić information content (AvgIpc) is 2.40. The Morgan fingerprint density at radius 1 is 1.33 bits per heavy atom. The fraction of sp³-hybridized carbons (Fsp3) is 0.600. The fourth-order valence-corrected chi connectivity index (χ4v) is 1.66. The number of aldehydes is 1. The molecule has 0 amide bonds. The van der Waals surface area contributed by atoms with Crippen LogP contribution in [0.25, 0.3) is 0 Å². The summed E-state index contributed by atoms with van der Waals surface area (Å²) in [5.41, 5.74) is 1.43. The van der Waals surface area contributed by atoms with Gasteiger partial charge in [0.25, 0.3) is 0 Å². The van der Waals surface area contributed by atoms with Gasteiger partial charge in [-0.25, -0.2) is 0 Å². The molecule has 0 atom stereocenters. The van der Waals surface area contributed by atoms with Gasteiger partial charge in [-0.05, 0) is 31.2 Å². The number of hydrogen-bond acceptors (Lipinski definition) is 3. The van der Waals surface area contributed by atoms with E-state index >= 15 is 0 Å². The molecule has 0 saturated carbocycles. The summed E-state index contributed by atoms with van der Waals surface area (Å²) in [7, 11) is 2.15. The van der Waals surface area contributed by atoms with Crippen molar-refractivity contribution in [1.29, 1.82) is 0 Å². The molecular weight excluding hydrogens is 224 g/mol. The lowest BCUT2D eigenvalue weighted by atomic mass is 9.93. The van der Waals surface area contributed by atoms with Gasteiger partial charge in [0.15, 0.2) is 0 Å². The van der Waals surface area contributed by atoms with Gasteiger partial charge in [-0.3, -0.25) is 4.98 Å². The Morgan fingerprint density at radius 2 is 1.89 bits per heavy atom. The minimum absolute atomic E-state index is 0.708. The first-order valence-electron chi connectivity index (χ1n) is 6.80. The molecule has 0 unspecified atom stereocenters. The van der Waals surface area contributed by atoms with E-state index < -0.39 is 0 Å². The molecule has 1 aliphatic heterocycles. The van der Waals surface area contributed by atoms with Crippen LogP contribution in [0, 0.1) is 0 Å². The molecule has 0 aromatic carbocycles. The van der Waals surface area contributed by atoms with Gasteiger partial charge in [0.1, 0.15) is 6.29 Å². The zero-order valence-corrected chi connectivity index (χ0v) is 12.1. The van der Waals surface area contributed by atoms with Gasteiger partial charge in [-0.2, -0.15) is 0 Å². The Balaban J connectivity index is 0.000000354. The molecule has 0 N–H and O–H groups in total. The van der Waals surface area contributed by atoms with Crippen LogP contribution in [0.3, 0.4) is 0 Å². The number of likely N-dealkylation sites (tertiary alicyclic amines) is 1. The lowest BCUT2D eigenvalue weighted by Gasteiger charge is -2.36. The van der Waals surface area contributed by atoms with Crippen molar-refractivity contribution in [2.45, 2.75) is 39.5 Å². The van der Waals surface area contributed by atoms with E-state index in [4.69, 9.17) is 0 Å². The van der Waals surface area contributed by atoms with Crippen molar-refractivity contribution in [1.82, 2.24) is 9.88 Å². The number of unbranched alkanes of at least 4 members (excludes halogenated alkanes) is 1. The quantitative estimate of drug-likeness (QED) is 0.773. The van der Waals surface area contributed by atoms with Crippen molar-refractivity contribution in [2.24, 2.45) is 0 Å². The fourth-order valence-electron chi connectivity index (χ4n) is 1.66. The third-order valence-corrected chi connectivity index (χ3v) is 2.65. The summed E-state index contributed by atoms with van der Waals surface area (Å²) in [5, 5.41) is 0. The number of hydrogen-bond donors (Lipinski definition) is 0. The van der Waals surface area contributed by atoms with Crippen LogP contribution in [-0.4, -0.2) is 36.3 Å². The molecule has 3 nitrogen and oxygen atoms in total. The van der Waals surface area contributed by atoms with E-state index in [9.17, 15) is 4.79 Å². The highest BCUT2D eigenvalue weighted by atomic mass is 16.1. The molecular formula is C15H26N2O. The highest BCUT2D eigenvalue weighted by Crippen LogP contribution is 2.24. The predicted molar refractivity (Wildman–Crippen MR) is 76.8 cm³/mol. The largest absolute Gasteiger partial charge is 0.305 e. The van der Waals surface area contributed by atoms with E-state index in [1.165, 1.54) is 18.7 Å². The zero-order valence-electron chi connectivity index (χ0n) is 12.1. The monoisotopic (exact) mass is 250 g/mol. The standard InChI is InChI=1S/C9H12N2.C4H8O.C2H6/c1-11-6-9(7-11)8-2-4-10-5-3-8;1-2-3-4-5;1-2/h2-5,9H,6-7H2,1H3;4H,2-3H2,1H3;1-2H3. The van der Waals surface area contributed by atoms with Gasteiger partial charge >= 0.3 is 0 Å². The Morgan fingerprint density at radius 3 is 2.22 bits per heavy atom. The molecule has 0 radical (unpaired) electrons. The number of aromatic nitrogens is 1. The van der Waals surface area contributed by atoms with Crippen molar-refractivity contribution in [2.75, 3.05) is 20.1 Å². The van der Waals surface area contributed by atoms with E-state index in [2.05, 4.69) is 29.1 Å². The normalized spacial score (nSPS) is 14.4. The highest BCUT2D eigenvalue weighted by molar-refractivity contribution is 5.48. The minimum Gasteiger partial charge on any atom is -0.305 e. The maximum Gasteiger partial charge on any atom is 0.119 e. The highest BCUT2D eigenvalue weighted by Gasteiger charge is 2.23. The van der Waals surface area contributed by atoms with Gasteiger partial charge in [0, 0.05) is 37.8 Å². The molecule has 0 aliphatic carbocycles. The number of rotatable bonds is 3. The summed E-state index contributed by atoms with van der Waals surface area (Å²) in [5.74, 6) is 0.753. The Bertz CT molecular complexity index is 295. The Hall–Kier alpha value is -1.22. The van der Waals surface area contributed by atoms with Crippen molar-refractivity contribution >= 4 is 6.29 Å². The van der Waals surface area contributed by atoms with Crippen LogP contribution in [0.1, 0.15) is 45.1 Å². The van der Waals surface area contributed by atoms with Gasteiger partial charge in [0.05, 0.1) is 0 Å². The van der Waals surface area contributed by atoms with E-state index in [1.807, 2.05) is 33.2 Å². The minimum atomic E-state index is 0.708. The number of carbonyl (C=O) groups is 1. The van der Waals surface area contributed by atoms with E-state index in [0.29, 0.717) is 6.42 Å². The maximum absolute atomic E-state index is 9.40. The number of carbonyl (C=O) groups excluding carboxylic acids is 1. The summed E-state index contributed by atoms with van der Waals surface area (Å²) in [4.78, 5) is 15.7. The second-order valence-electron chi connectivity index (χ2n) is 4.15. The number of likely N-dealkylation sites (N-methyl/N-ethyl adjacent to an activating group) is 1. The Kier molecular flexibility index (Phi) is 10.2. The van der Waals surface area contributed by atoms with Crippen LogP contribution >= 0.6 is 0 Å². The topological polar surface area (TPSA) is 33.2 Å². The van der Waals surface area contributed by atoms with E-state index in [1.54, 1.807) is 0 Å². The second-order valence-corrected chi connectivity index (χ2v) is 4.15. The van der Waals surface area contributed by atoms with Gasteiger partial charge in [-0.15, -0.1) is 0 Å². The van der Waals surface area contributed by atoms with Crippen LogP contribution < -0.4 is 0 Å². The van der Waals surface area contributed by atoms with Crippen LogP contribution in [-0.2, 0) is 4.79 Å². The van der Waals surface area contributed by atoms with Crippen molar-refractivity contribution in [3.05, 3.63) is 30.1 Å². The lowest BCUT2D eigenvalue weighted by molar-refractivity contribution is -0.107. The third kappa shape index (κ3) is 6.50. The predicted octanol–water partition coefficient (Wildman–Crippen LogP) is 3.12. The first kappa shape index (κ1) is 16.8. The van der Waals surface area contributed by atoms with Gasteiger partial charge < -0.3 is 9.69 Å². The molecule has 2 heterocycles. The summed E-state index contributed by atoms with van der Waals surface area (Å²) in [6.07, 6.45) is 6.35. The van der Waals surface area contributed by atoms with Gasteiger partial charge in [-0.1, -0.05) is 20.8 Å². The average molecular weight is 250 g/mol. The second kappa shape index (κ2) is 10.9. The Labute approximate surface area is 111 Å². The molecule has 0 spiro atoms. The molecule has 0 bridgehead atoms. The molecule has 102 valence electrons. The first-order valence-corrected chi connectivity index (χ1v) is 6.80.